The van der Waals surface area contributed by atoms with Gasteiger partial charge in [0, 0.05) is 19.1 Å². The molecule has 1 aliphatic carbocycles. The monoisotopic (exact) mass is 384 g/mol. The van der Waals surface area contributed by atoms with Gasteiger partial charge in [0.25, 0.3) is 5.91 Å². The molecule has 2 fully saturated rings. The second-order valence-corrected chi connectivity index (χ2v) is 8.22. The summed E-state index contributed by atoms with van der Waals surface area (Å²) in [5, 5.41) is 15.4. The molecule has 0 unspecified atom stereocenters. The molecule has 3 heterocycles. The number of hydrogen-bond acceptors (Lipinski definition) is 5. The van der Waals surface area contributed by atoms with E-state index < -0.39 is 0 Å². The second-order valence-electron chi connectivity index (χ2n) is 8.22. The van der Waals surface area contributed by atoms with Crippen molar-refractivity contribution in [3.63, 3.8) is 0 Å². The van der Waals surface area contributed by atoms with Crippen LogP contribution in [0.3, 0.4) is 0 Å². The van der Waals surface area contributed by atoms with Gasteiger partial charge >= 0.3 is 0 Å². The number of nitrogens with zero attached hydrogens (tertiary/aromatic N) is 3. The first-order valence-electron chi connectivity index (χ1n) is 10.8. The first-order chi connectivity index (χ1) is 13.7. The topological polar surface area (TPSA) is 83.9 Å². The molecule has 152 valence electrons. The van der Waals surface area contributed by atoms with Crippen LogP contribution in [0.2, 0.25) is 0 Å². The van der Waals surface area contributed by atoms with E-state index in [9.17, 15) is 4.79 Å². The Morgan fingerprint density at radius 1 is 1.04 bits per heavy atom. The summed E-state index contributed by atoms with van der Waals surface area (Å²) < 4.78 is 1.72. The van der Waals surface area contributed by atoms with Gasteiger partial charge in [-0.15, -0.1) is 0 Å². The van der Waals surface area contributed by atoms with E-state index >= 15 is 0 Å². The van der Waals surface area contributed by atoms with Gasteiger partial charge in [-0.25, -0.2) is 9.67 Å². The van der Waals surface area contributed by atoms with Gasteiger partial charge in [0.05, 0.1) is 5.39 Å². The summed E-state index contributed by atoms with van der Waals surface area (Å²) in [4.78, 5) is 17.5. The molecule has 1 saturated heterocycles. The molecule has 0 spiro atoms. The SMILES string of the molecule is Cn1nc(C(=O)NC2CCNCC2)c2ccc(NC3CCCCCCC3)nc21. The molecule has 3 N–H and O–H groups in total. The van der Waals surface area contributed by atoms with E-state index in [0.29, 0.717) is 11.7 Å². The molecule has 4 rings (SSSR count). The van der Waals surface area contributed by atoms with Crippen LogP contribution in [0.1, 0.15) is 68.3 Å². The number of aryl methyl sites for hydroxylation is 1. The van der Waals surface area contributed by atoms with E-state index in [1.165, 1.54) is 44.9 Å². The summed E-state index contributed by atoms with van der Waals surface area (Å²) in [5.41, 5.74) is 1.23. The van der Waals surface area contributed by atoms with Crippen LogP contribution in [0.5, 0.6) is 0 Å². The molecule has 1 aliphatic heterocycles. The molecule has 2 aromatic heterocycles. The lowest BCUT2D eigenvalue weighted by Gasteiger charge is -2.23. The zero-order valence-corrected chi connectivity index (χ0v) is 16.8. The van der Waals surface area contributed by atoms with E-state index in [1.54, 1.807) is 4.68 Å². The van der Waals surface area contributed by atoms with Crippen LogP contribution in [-0.4, -0.2) is 45.8 Å². The smallest absolute Gasteiger partial charge is 0.272 e. The van der Waals surface area contributed by atoms with Crippen LogP contribution in [-0.2, 0) is 7.05 Å². The Bertz CT molecular complexity index is 803. The molecule has 1 amide bonds. The van der Waals surface area contributed by atoms with Crippen molar-refractivity contribution in [2.45, 2.75) is 69.9 Å². The lowest BCUT2D eigenvalue weighted by molar-refractivity contribution is 0.0925. The number of carbonyl (C=O) groups excluding carboxylic acids is 1. The Hall–Kier alpha value is -2.15. The minimum atomic E-state index is -0.0972. The predicted octanol–water partition coefficient (Wildman–Crippen LogP) is 2.97. The lowest BCUT2D eigenvalue weighted by atomic mass is 9.97. The molecule has 7 nitrogen and oxygen atoms in total. The van der Waals surface area contributed by atoms with Gasteiger partial charge in [-0.1, -0.05) is 32.1 Å². The highest BCUT2D eigenvalue weighted by Gasteiger charge is 2.22. The first-order valence-corrected chi connectivity index (χ1v) is 10.8. The maximum atomic E-state index is 12.8. The average Bonchev–Trinajstić information content (AvgIpc) is 3.01. The summed E-state index contributed by atoms with van der Waals surface area (Å²) in [7, 11) is 1.86. The Balaban J connectivity index is 1.48. The largest absolute Gasteiger partial charge is 0.367 e. The number of aromatic nitrogens is 3. The first kappa shape index (κ1) is 19.2. The van der Waals surface area contributed by atoms with Crippen molar-refractivity contribution in [2.24, 2.45) is 7.05 Å². The minimum Gasteiger partial charge on any atom is -0.367 e. The van der Waals surface area contributed by atoms with Crippen LogP contribution in [0.4, 0.5) is 5.82 Å². The number of nitrogens with one attached hydrogen (secondary N) is 3. The molecule has 2 aromatic rings. The zero-order valence-electron chi connectivity index (χ0n) is 16.8. The van der Waals surface area contributed by atoms with Gasteiger partial charge in [-0.3, -0.25) is 4.79 Å². The van der Waals surface area contributed by atoms with Crippen molar-refractivity contribution in [3.05, 3.63) is 17.8 Å². The van der Waals surface area contributed by atoms with Gasteiger partial charge in [0.15, 0.2) is 11.3 Å². The zero-order chi connectivity index (χ0) is 19.3. The summed E-state index contributed by atoms with van der Waals surface area (Å²) in [6, 6.07) is 4.68. The quantitative estimate of drug-likeness (QED) is 0.755. The van der Waals surface area contributed by atoms with Gasteiger partial charge in [0.1, 0.15) is 5.82 Å². The van der Waals surface area contributed by atoms with Crippen LogP contribution >= 0.6 is 0 Å². The Morgan fingerprint density at radius 3 is 2.50 bits per heavy atom. The summed E-state index contributed by atoms with van der Waals surface area (Å²) in [5.74, 6) is 0.784. The third-order valence-corrected chi connectivity index (χ3v) is 6.03. The number of anilines is 1. The number of pyridine rings is 1. The molecule has 0 bridgehead atoms. The van der Waals surface area contributed by atoms with Crippen LogP contribution in [0.15, 0.2) is 12.1 Å². The van der Waals surface area contributed by atoms with Gasteiger partial charge in [0.2, 0.25) is 0 Å². The number of hydrogen-bond donors (Lipinski definition) is 3. The fourth-order valence-electron chi connectivity index (χ4n) is 4.41. The molecule has 0 atom stereocenters. The maximum absolute atomic E-state index is 12.8. The fourth-order valence-corrected chi connectivity index (χ4v) is 4.41. The normalized spacial score (nSPS) is 19.9. The van der Waals surface area contributed by atoms with E-state index in [4.69, 9.17) is 4.98 Å². The third kappa shape index (κ3) is 4.46. The number of piperidine rings is 1. The average molecular weight is 385 g/mol. The lowest BCUT2D eigenvalue weighted by Crippen LogP contribution is -2.42. The van der Waals surface area contributed by atoms with Crippen LogP contribution in [0, 0.1) is 0 Å². The highest BCUT2D eigenvalue weighted by Crippen LogP contribution is 2.23. The second kappa shape index (κ2) is 8.90. The molecule has 1 saturated carbocycles. The van der Waals surface area contributed by atoms with Gasteiger partial charge < -0.3 is 16.0 Å². The van der Waals surface area contributed by atoms with Crippen LogP contribution in [0.25, 0.3) is 11.0 Å². The van der Waals surface area contributed by atoms with Crippen molar-refractivity contribution in [2.75, 3.05) is 18.4 Å². The molecule has 2 aliphatic rings. The summed E-state index contributed by atoms with van der Waals surface area (Å²) >= 11 is 0. The van der Waals surface area contributed by atoms with E-state index in [0.717, 1.165) is 42.8 Å². The van der Waals surface area contributed by atoms with Crippen molar-refractivity contribution < 1.29 is 4.79 Å². The molecule has 0 aromatic carbocycles. The Labute approximate surface area is 166 Å². The van der Waals surface area contributed by atoms with Gasteiger partial charge in [-0.05, 0) is 50.9 Å². The Morgan fingerprint density at radius 2 is 1.75 bits per heavy atom. The number of rotatable bonds is 4. The molecule has 7 heteroatoms. The maximum Gasteiger partial charge on any atom is 0.272 e. The predicted molar refractivity (Wildman–Crippen MR) is 112 cm³/mol. The standard InChI is InChI=1S/C21H32N6O/c1-27-20-17(19(26-27)21(28)24-16-11-13-22-14-12-16)9-10-18(25-20)23-15-7-5-3-2-4-6-8-15/h9-10,15-16,22H,2-8,11-14H2,1H3,(H,23,25)(H,24,28). The van der Waals surface area contributed by atoms with Crippen molar-refractivity contribution in [1.29, 1.82) is 0 Å². The van der Waals surface area contributed by atoms with E-state index in [-0.39, 0.29) is 11.9 Å². The summed E-state index contributed by atoms with van der Waals surface area (Å²) in [6.07, 6.45) is 10.9. The van der Waals surface area contributed by atoms with Crippen molar-refractivity contribution in [1.82, 2.24) is 25.4 Å². The summed E-state index contributed by atoms with van der Waals surface area (Å²) in [6.45, 7) is 1.90. The van der Waals surface area contributed by atoms with Crippen LogP contribution < -0.4 is 16.0 Å². The van der Waals surface area contributed by atoms with Gasteiger partial charge in [-0.2, -0.15) is 5.10 Å². The highest BCUT2D eigenvalue weighted by atomic mass is 16.2. The van der Waals surface area contributed by atoms with Crippen molar-refractivity contribution >= 4 is 22.8 Å². The molecule has 28 heavy (non-hydrogen) atoms. The number of carbonyl (C=O) groups is 1. The molecular weight excluding hydrogens is 352 g/mol. The third-order valence-electron chi connectivity index (χ3n) is 6.03. The van der Waals surface area contributed by atoms with E-state index in [2.05, 4.69) is 21.0 Å². The van der Waals surface area contributed by atoms with Crippen molar-refractivity contribution in [3.8, 4) is 0 Å². The minimum absolute atomic E-state index is 0.0972. The molecular formula is C21H32N6O. The number of amides is 1. The number of fused-ring (bicyclic) bond motifs is 1. The van der Waals surface area contributed by atoms with E-state index in [1.807, 2.05) is 19.2 Å². The molecule has 0 radical (unpaired) electrons. The highest BCUT2D eigenvalue weighted by molar-refractivity contribution is 6.04. The Kier molecular flexibility index (Phi) is 6.10. The fraction of sp³-hybridized carbons (Fsp3) is 0.667.